The smallest absolute Gasteiger partial charge is 0.226 e. The van der Waals surface area contributed by atoms with Gasteiger partial charge in [0.15, 0.2) is 6.17 Å². The summed E-state index contributed by atoms with van der Waals surface area (Å²) < 4.78 is 5.19. The van der Waals surface area contributed by atoms with Gasteiger partial charge in [0, 0.05) is 12.3 Å². The molecule has 0 bridgehead atoms. The van der Waals surface area contributed by atoms with E-state index in [1.807, 2.05) is 48.5 Å². The van der Waals surface area contributed by atoms with Gasteiger partial charge in [0.1, 0.15) is 11.4 Å². The Hall–Kier alpha value is -3.28. The predicted octanol–water partition coefficient (Wildman–Crippen LogP) is 4.39. The van der Waals surface area contributed by atoms with Gasteiger partial charge in [-0.3, -0.25) is 14.7 Å². The van der Waals surface area contributed by atoms with E-state index in [1.165, 1.54) is 6.92 Å². The summed E-state index contributed by atoms with van der Waals surface area (Å²) >= 11 is 0. The van der Waals surface area contributed by atoms with Crippen molar-refractivity contribution in [3.05, 3.63) is 60.3 Å². The molecule has 1 atom stereocenters. The van der Waals surface area contributed by atoms with Crippen LogP contribution in [-0.4, -0.2) is 18.0 Å². The first-order valence-electron chi connectivity index (χ1n) is 7.91. The Morgan fingerprint density at radius 3 is 2.60 bits per heavy atom. The number of anilines is 1. The molecule has 6 nitrogen and oxygen atoms in total. The van der Waals surface area contributed by atoms with Gasteiger partial charge in [0.2, 0.25) is 5.91 Å². The molecule has 0 fully saturated rings. The number of ether oxygens (including phenoxy) is 1. The fraction of sp³-hybridized carbons (Fsp3) is 0.158. The minimum Gasteiger partial charge on any atom is -0.497 e. The van der Waals surface area contributed by atoms with Crippen molar-refractivity contribution < 1.29 is 9.53 Å². The highest BCUT2D eigenvalue weighted by molar-refractivity contribution is 6.03. The van der Waals surface area contributed by atoms with Crippen molar-refractivity contribution >= 4 is 28.2 Å². The van der Waals surface area contributed by atoms with Crippen molar-refractivity contribution in [1.82, 2.24) is 4.98 Å². The number of para-hydroxylation sites is 1. The summed E-state index contributed by atoms with van der Waals surface area (Å²) in [5.74, 6) is 0.636. The molecular formula is C19H16N4O2. The molecule has 25 heavy (non-hydrogen) atoms. The van der Waals surface area contributed by atoms with Gasteiger partial charge in [-0.2, -0.15) is 10.2 Å². The summed E-state index contributed by atoms with van der Waals surface area (Å²) in [5, 5.41) is 9.70. The molecule has 0 radical (unpaired) electrons. The van der Waals surface area contributed by atoms with Gasteiger partial charge < -0.3 is 4.74 Å². The highest BCUT2D eigenvalue weighted by Crippen LogP contribution is 2.43. The fourth-order valence-corrected chi connectivity index (χ4v) is 3.03. The van der Waals surface area contributed by atoms with Crippen molar-refractivity contribution in [2.45, 2.75) is 13.1 Å². The van der Waals surface area contributed by atoms with Crippen LogP contribution in [-0.2, 0) is 4.79 Å². The molecule has 2 aromatic carbocycles. The molecule has 2 heterocycles. The minimum atomic E-state index is -0.515. The fourth-order valence-electron chi connectivity index (χ4n) is 3.03. The molecule has 0 spiro atoms. The van der Waals surface area contributed by atoms with E-state index in [4.69, 9.17) is 4.74 Å². The Morgan fingerprint density at radius 1 is 1.12 bits per heavy atom. The molecule has 4 rings (SSSR count). The molecule has 124 valence electrons. The van der Waals surface area contributed by atoms with Gasteiger partial charge in [0.25, 0.3) is 0 Å². The van der Waals surface area contributed by atoms with Crippen LogP contribution in [0.1, 0.15) is 18.7 Å². The van der Waals surface area contributed by atoms with Crippen LogP contribution in [0.2, 0.25) is 0 Å². The number of benzene rings is 2. The Kier molecular flexibility index (Phi) is 3.65. The summed E-state index contributed by atoms with van der Waals surface area (Å²) in [7, 11) is 1.62. The molecule has 1 amide bonds. The van der Waals surface area contributed by atoms with E-state index in [9.17, 15) is 4.79 Å². The van der Waals surface area contributed by atoms with E-state index >= 15 is 0 Å². The number of rotatable bonds is 2. The maximum absolute atomic E-state index is 12.4. The Labute approximate surface area is 144 Å². The molecule has 0 aliphatic carbocycles. The summed E-state index contributed by atoms with van der Waals surface area (Å²) in [6.45, 7) is 1.52. The number of amides is 1. The monoisotopic (exact) mass is 332 g/mol. The van der Waals surface area contributed by atoms with Crippen LogP contribution in [0, 0.1) is 0 Å². The highest BCUT2D eigenvalue weighted by atomic mass is 16.5. The van der Waals surface area contributed by atoms with Crippen molar-refractivity contribution in [2.75, 3.05) is 12.0 Å². The minimum absolute atomic E-state index is 0.113. The third kappa shape index (κ3) is 2.52. The number of hydrogen-bond donors (Lipinski definition) is 0. The molecule has 1 unspecified atom stereocenters. The van der Waals surface area contributed by atoms with Crippen molar-refractivity contribution in [2.24, 2.45) is 10.2 Å². The lowest BCUT2D eigenvalue weighted by Gasteiger charge is -2.31. The quantitative estimate of drug-likeness (QED) is 0.699. The van der Waals surface area contributed by atoms with Gasteiger partial charge in [-0.1, -0.05) is 30.3 Å². The van der Waals surface area contributed by atoms with Crippen LogP contribution in [0.3, 0.4) is 0 Å². The number of fused-ring (bicyclic) bond motifs is 3. The van der Waals surface area contributed by atoms with Crippen LogP contribution >= 0.6 is 0 Å². The van der Waals surface area contributed by atoms with E-state index in [1.54, 1.807) is 18.2 Å². The van der Waals surface area contributed by atoms with Crippen LogP contribution in [0.15, 0.2) is 65.0 Å². The molecule has 1 aromatic heterocycles. The lowest BCUT2D eigenvalue weighted by molar-refractivity contribution is -0.117. The average molecular weight is 332 g/mol. The van der Waals surface area contributed by atoms with Gasteiger partial charge in [-0.25, -0.2) is 0 Å². The summed E-state index contributed by atoms with van der Waals surface area (Å²) in [5.41, 5.74) is 3.03. The number of carbonyl (C=O) groups excluding carboxylic acids is 1. The van der Waals surface area contributed by atoms with E-state index in [0.717, 1.165) is 22.2 Å². The summed E-state index contributed by atoms with van der Waals surface area (Å²) in [6.07, 6.45) is 1.17. The molecule has 6 heteroatoms. The van der Waals surface area contributed by atoms with Gasteiger partial charge in [-0.15, -0.1) is 0 Å². The number of azo groups is 1. The SMILES string of the molecule is COc1ccc(C2N=Nc3c(cnc4ccccc34)N2C(C)=O)cc1. The van der Waals surface area contributed by atoms with E-state index < -0.39 is 6.17 Å². The van der Waals surface area contributed by atoms with Crippen molar-refractivity contribution in [3.8, 4) is 5.75 Å². The number of hydrogen-bond acceptors (Lipinski definition) is 5. The maximum atomic E-state index is 12.4. The normalized spacial score (nSPS) is 15.9. The van der Waals surface area contributed by atoms with Gasteiger partial charge in [0.05, 0.1) is 24.5 Å². The predicted molar refractivity (Wildman–Crippen MR) is 95.2 cm³/mol. The first-order chi connectivity index (χ1) is 12.2. The Morgan fingerprint density at radius 2 is 1.88 bits per heavy atom. The lowest BCUT2D eigenvalue weighted by Crippen LogP contribution is -2.33. The zero-order valence-electron chi connectivity index (χ0n) is 13.9. The third-order valence-corrected chi connectivity index (χ3v) is 4.25. The molecule has 3 aromatic rings. The lowest BCUT2D eigenvalue weighted by atomic mass is 10.1. The van der Waals surface area contributed by atoms with Crippen LogP contribution in [0.25, 0.3) is 10.9 Å². The first kappa shape index (κ1) is 15.3. The molecule has 0 N–H and O–H groups in total. The van der Waals surface area contributed by atoms with Crippen molar-refractivity contribution in [3.63, 3.8) is 0 Å². The summed E-state index contributed by atoms with van der Waals surface area (Å²) in [4.78, 5) is 18.5. The van der Waals surface area contributed by atoms with Crippen LogP contribution < -0.4 is 9.64 Å². The summed E-state index contributed by atoms with van der Waals surface area (Å²) in [6, 6.07) is 15.2. The van der Waals surface area contributed by atoms with Crippen molar-refractivity contribution in [1.29, 1.82) is 0 Å². The van der Waals surface area contributed by atoms with Gasteiger partial charge in [-0.05, 0) is 23.8 Å². The second-order valence-electron chi connectivity index (χ2n) is 5.76. The zero-order chi connectivity index (χ0) is 17.4. The number of aromatic nitrogens is 1. The van der Waals surface area contributed by atoms with E-state index in [0.29, 0.717) is 11.4 Å². The van der Waals surface area contributed by atoms with Crippen LogP contribution in [0.5, 0.6) is 5.75 Å². The molecule has 1 aliphatic heterocycles. The molecular weight excluding hydrogens is 316 g/mol. The number of pyridine rings is 1. The molecule has 0 saturated heterocycles. The highest BCUT2D eigenvalue weighted by Gasteiger charge is 2.31. The topological polar surface area (TPSA) is 67.2 Å². The second-order valence-corrected chi connectivity index (χ2v) is 5.76. The second kappa shape index (κ2) is 5.98. The van der Waals surface area contributed by atoms with E-state index in [2.05, 4.69) is 15.2 Å². The average Bonchev–Trinajstić information content (AvgIpc) is 2.66. The van der Waals surface area contributed by atoms with Gasteiger partial charge >= 0.3 is 0 Å². The number of methoxy groups -OCH3 is 1. The Bertz CT molecular complexity index is 982. The first-order valence-corrected chi connectivity index (χ1v) is 7.91. The Balaban J connectivity index is 1.85. The largest absolute Gasteiger partial charge is 0.497 e. The number of carbonyl (C=O) groups is 1. The zero-order valence-corrected chi connectivity index (χ0v) is 13.9. The third-order valence-electron chi connectivity index (χ3n) is 4.25. The van der Waals surface area contributed by atoms with E-state index in [-0.39, 0.29) is 5.91 Å². The van der Waals surface area contributed by atoms with Crippen LogP contribution in [0.4, 0.5) is 11.4 Å². The maximum Gasteiger partial charge on any atom is 0.226 e. The molecule has 0 saturated carbocycles. The number of nitrogens with zero attached hydrogens (tertiary/aromatic N) is 4. The standard InChI is InChI=1S/C19H16N4O2/c1-12(24)23-17-11-20-16-6-4-3-5-15(16)18(17)21-22-19(23)13-7-9-14(25-2)10-8-13/h3-11,19H,1-2H3. The molecule has 1 aliphatic rings.